The first-order valence-corrected chi connectivity index (χ1v) is 6.86. The van der Waals surface area contributed by atoms with Crippen molar-refractivity contribution in [3.05, 3.63) is 32.8 Å². The Bertz CT molecular complexity index is 560. The maximum atomic E-state index is 10.9. The molecule has 2 rings (SSSR count). The van der Waals surface area contributed by atoms with Crippen molar-refractivity contribution < 1.29 is 4.79 Å². The lowest BCUT2D eigenvalue weighted by molar-refractivity contribution is -0.116. The first-order chi connectivity index (χ1) is 8.56. The topological polar surface area (TPSA) is 53.8 Å². The van der Waals surface area contributed by atoms with Gasteiger partial charge in [-0.3, -0.25) is 4.79 Å². The largest absolute Gasteiger partial charge is 0.303 e. The van der Waals surface area contributed by atoms with Gasteiger partial charge in [-0.25, -0.2) is 0 Å². The molecular weight excluding hydrogens is 317 g/mol. The summed E-state index contributed by atoms with van der Waals surface area (Å²) in [6.45, 7) is 0. The highest BCUT2D eigenvalue weighted by atomic mass is 35.5. The van der Waals surface area contributed by atoms with Crippen molar-refractivity contribution in [3.63, 3.8) is 0 Å². The van der Waals surface area contributed by atoms with E-state index < -0.39 is 0 Å². The van der Waals surface area contributed by atoms with Crippen LogP contribution in [0, 0.1) is 0 Å². The highest BCUT2D eigenvalue weighted by molar-refractivity contribution is 8.15. The molecule has 0 atom stereocenters. The normalized spacial score (nSPS) is 17.7. The van der Waals surface area contributed by atoms with Crippen LogP contribution in [0.15, 0.2) is 22.3 Å². The lowest BCUT2D eigenvalue weighted by Crippen LogP contribution is -2.19. The molecule has 0 bridgehead atoms. The van der Waals surface area contributed by atoms with Gasteiger partial charge in [0.1, 0.15) is 0 Å². The fraction of sp³-hybridized carbons (Fsp3) is 0.100. The van der Waals surface area contributed by atoms with E-state index in [9.17, 15) is 4.79 Å². The second-order valence-electron chi connectivity index (χ2n) is 3.28. The van der Waals surface area contributed by atoms with Gasteiger partial charge in [0.25, 0.3) is 0 Å². The van der Waals surface area contributed by atoms with E-state index in [1.54, 1.807) is 12.1 Å². The predicted octanol–water partition coefficient (Wildman–Crippen LogP) is 3.20. The zero-order chi connectivity index (χ0) is 13.1. The minimum atomic E-state index is -0.0854. The van der Waals surface area contributed by atoms with Gasteiger partial charge in [-0.2, -0.15) is 5.10 Å². The summed E-state index contributed by atoms with van der Waals surface area (Å²) in [7, 11) is 0. The maximum Gasteiger partial charge on any atom is 0.236 e. The smallest absolute Gasteiger partial charge is 0.236 e. The number of carbonyl (C=O) groups is 1. The molecule has 1 heterocycles. The van der Waals surface area contributed by atoms with Gasteiger partial charge in [0, 0.05) is 10.6 Å². The molecule has 0 aromatic heterocycles. The fourth-order valence-corrected chi connectivity index (χ4v) is 2.49. The van der Waals surface area contributed by atoms with Gasteiger partial charge in [-0.1, -0.05) is 46.6 Å². The third-order valence-corrected chi connectivity index (χ3v) is 3.85. The van der Waals surface area contributed by atoms with Gasteiger partial charge < -0.3 is 5.32 Å². The number of rotatable bonds is 2. The first-order valence-electron chi connectivity index (χ1n) is 4.74. The average molecular weight is 323 g/mol. The molecule has 0 unspecified atom stereocenters. The molecule has 0 spiro atoms. The van der Waals surface area contributed by atoms with Crippen molar-refractivity contribution in [2.45, 2.75) is 0 Å². The average Bonchev–Trinajstić information content (AvgIpc) is 2.71. The molecule has 8 heteroatoms. The van der Waals surface area contributed by atoms with Crippen molar-refractivity contribution in [1.82, 2.24) is 5.32 Å². The second kappa shape index (κ2) is 5.93. The molecule has 1 N–H and O–H groups in total. The van der Waals surface area contributed by atoms with E-state index in [-0.39, 0.29) is 5.91 Å². The lowest BCUT2D eigenvalue weighted by Gasteiger charge is -2.00. The monoisotopic (exact) mass is 321 g/mol. The van der Waals surface area contributed by atoms with E-state index in [4.69, 9.17) is 34.8 Å². The number of amides is 1. The third-order valence-electron chi connectivity index (χ3n) is 1.95. The Morgan fingerprint density at radius 2 is 2.11 bits per heavy atom. The molecule has 0 aliphatic carbocycles. The summed E-state index contributed by atoms with van der Waals surface area (Å²) in [4.78, 5) is 10.9. The Kier molecular flexibility index (Phi) is 4.50. The number of benzene rings is 1. The quantitative estimate of drug-likeness (QED) is 0.516. The van der Waals surface area contributed by atoms with Crippen LogP contribution in [0.2, 0.25) is 15.1 Å². The van der Waals surface area contributed by atoms with Crippen LogP contribution in [-0.2, 0) is 4.79 Å². The van der Waals surface area contributed by atoms with E-state index in [0.717, 1.165) is 0 Å². The van der Waals surface area contributed by atoms with Crippen molar-refractivity contribution in [1.29, 1.82) is 0 Å². The number of nitrogens with zero attached hydrogens (tertiary/aromatic N) is 2. The van der Waals surface area contributed by atoms with E-state index in [1.807, 2.05) is 0 Å². The molecule has 1 amide bonds. The Morgan fingerprint density at radius 1 is 1.33 bits per heavy atom. The molecule has 1 aromatic carbocycles. The fourth-order valence-electron chi connectivity index (χ4n) is 1.19. The zero-order valence-electron chi connectivity index (χ0n) is 8.78. The Morgan fingerprint density at radius 3 is 2.78 bits per heavy atom. The zero-order valence-corrected chi connectivity index (χ0v) is 11.9. The number of carbonyl (C=O) groups excluding carboxylic acids is 1. The molecule has 1 aromatic rings. The van der Waals surface area contributed by atoms with Crippen LogP contribution in [0.3, 0.4) is 0 Å². The maximum absolute atomic E-state index is 10.9. The lowest BCUT2D eigenvalue weighted by atomic mass is 10.2. The molecule has 1 aliphatic heterocycles. The summed E-state index contributed by atoms with van der Waals surface area (Å²) >= 11 is 19.0. The summed E-state index contributed by atoms with van der Waals surface area (Å²) in [6, 6.07) is 3.17. The SMILES string of the molecule is O=C1CSC(=NN=Cc2cc(Cl)cc(Cl)c2Cl)N1. The third kappa shape index (κ3) is 3.38. The standard InChI is InChI=1S/C10H6Cl3N3OS/c11-6-1-5(9(13)7(12)2-6)3-14-16-10-15-8(17)4-18-10/h1-3H,4H2,(H,15,16,17). The highest BCUT2D eigenvalue weighted by Gasteiger charge is 2.15. The molecule has 4 nitrogen and oxygen atoms in total. The van der Waals surface area contributed by atoms with Gasteiger partial charge in [0.15, 0.2) is 5.17 Å². The van der Waals surface area contributed by atoms with Crippen LogP contribution >= 0.6 is 46.6 Å². The van der Waals surface area contributed by atoms with Gasteiger partial charge >= 0.3 is 0 Å². The molecule has 18 heavy (non-hydrogen) atoms. The summed E-state index contributed by atoms with van der Waals surface area (Å²) in [5, 5.41) is 11.8. The van der Waals surface area contributed by atoms with Crippen LogP contribution in [0.1, 0.15) is 5.56 Å². The molecule has 0 radical (unpaired) electrons. The van der Waals surface area contributed by atoms with Gasteiger partial charge in [-0.05, 0) is 12.1 Å². The van der Waals surface area contributed by atoms with Crippen molar-refractivity contribution in [2.75, 3.05) is 5.75 Å². The number of nitrogens with one attached hydrogen (secondary N) is 1. The van der Waals surface area contributed by atoms with Crippen molar-refractivity contribution in [2.24, 2.45) is 10.2 Å². The van der Waals surface area contributed by atoms with E-state index in [2.05, 4.69) is 15.5 Å². The number of amidine groups is 1. The predicted molar refractivity (Wildman–Crippen MR) is 77.1 cm³/mol. The number of thioether (sulfide) groups is 1. The van der Waals surface area contributed by atoms with Crippen LogP contribution in [0.5, 0.6) is 0 Å². The van der Waals surface area contributed by atoms with E-state index >= 15 is 0 Å². The number of halogens is 3. The molecular formula is C10H6Cl3N3OS. The van der Waals surface area contributed by atoms with Crippen LogP contribution in [0.25, 0.3) is 0 Å². The minimum absolute atomic E-state index is 0.0854. The highest BCUT2D eigenvalue weighted by Crippen LogP contribution is 2.28. The first kappa shape index (κ1) is 13.7. The molecule has 1 aliphatic rings. The van der Waals surface area contributed by atoms with E-state index in [1.165, 1.54) is 18.0 Å². The van der Waals surface area contributed by atoms with Gasteiger partial charge in [-0.15, -0.1) is 5.10 Å². The summed E-state index contributed by atoms with van der Waals surface area (Å²) < 4.78 is 0. The van der Waals surface area contributed by atoms with Crippen molar-refractivity contribution >= 4 is 63.9 Å². The molecule has 94 valence electrons. The number of hydrogen-bond acceptors (Lipinski definition) is 4. The Balaban J connectivity index is 2.17. The summed E-state index contributed by atoms with van der Waals surface area (Å²) in [5.41, 5.74) is 0.563. The second-order valence-corrected chi connectivity index (χ2v) is 5.46. The Labute approximate surface area is 122 Å². The minimum Gasteiger partial charge on any atom is -0.303 e. The van der Waals surface area contributed by atoms with Gasteiger partial charge in [0.05, 0.1) is 22.0 Å². The van der Waals surface area contributed by atoms with E-state index in [0.29, 0.717) is 31.6 Å². The summed E-state index contributed by atoms with van der Waals surface area (Å²) in [5.74, 6) is 0.274. The molecule has 1 saturated heterocycles. The van der Waals surface area contributed by atoms with Crippen molar-refractivity contribution in [3.8, 4) is 0 Å². The summed E-state index contributed by atoms with van der Waals surface area (Å²) in [6.07, 6.45) is 1.43. The Hall–Kier alpha value is -0.750. The van der Waals surface area contributed by atoms with Crippen LogP contribution in [-0.4, -0.2) is 23.0 Å². The van der Waals surface area contributed by atoms with Crippen LogP contribution < -0.4 is 5.32 Å². The van der Waals surface area contributed by atoms with Crippen LogP contribution in [0.4, 0.5) is 0 Å². The molecule has 0 saturated carbocycles. The molecule has 1 fully saturated rings. The number of hydrogen-bond donors (Lipinski definition) is 1. The van der Waals surface area contributed by atoms with Gasteiger partial charge in [0.2, 0.25) is 5.91 Å².